The van der Waals surface area contributed by atoms with Crippen LogP contribution in [-0.4, -0.2) is 53.5 Å². The molecule has 0 unspecified atom stereocenters. The van der Waals surface area contributed by atoms with Gasteiger partial charge in [-0.1, -0.05) is 0 Å². The average Bonchev–Trinajstić information content (AvgIpc) is 2.93. The standard InChI is InChI=1S/C14H21NO5/c1-16-6-7-18-9-8-17-5-4-15-12-2-3-13-14(10-12)20-11-19-13/h2-3,10,15H,4-9,11H2,1H3. The minimum atomic E-state index is 0.297. The fraction of sp³-hybridized carbons (Fsp3) is 0.571. The van der Waals surface area contributed by atoms with E-state index >= 15 is 0 Å². The van der Waals surface area contributed by atoms with Crippen LogP contribution in [0.4, 0.5) is 5.69 Å². The molecule has 1 aromatic carbocycles. The van der Waals surface area contributed by atoms with E-state index in [0.717, 1.165) is 23.7 Å². The SMILES string of the molecule is COCCOCCOCCNc1ccc2c(c1)OCO2. The molecule has 1 aromatic rings. The van der Waals surface area contributed by atoms with Gasteiger partial charge in [0.05, 0.1) is 33.0 Å². The molecule has 2 rings (SSSR count). The molecule has 0 fully saturated rings. The van der Waals surface area contributed by atoms with Gasteiger partial charge in [0.1, 0.15) is 0 Å². The van der Waals surface area contributed by atoms with Gasteiger partial charge in [-0.2, -0.15) is 0 Å². The van der Waals surface area contributed by atoms with Gasteiger partial charge in [-0.25, -0.2) is 0 Å². The number of nitrogens with one attached hydrogen (secondary N) is 1. The summed E-state index contributed by atoms with van der Waals surface area (Å²) in [5.41, 5.74) is 0.995. The topological polar surface area (TPSA) is 58.2 Å². The number of hydrogen-bond acceptors (Lipinski definition) is 6. The second-order valence-electron chi connectivity index (χ2n) is 4.21. The molecule has 0 saturated carbocycles. The van der Waals surface area contributed by atoms with Crippen molar-refractivity contribution >= 4 is 5.69 Å². The minimum absolute atomic E-state index is 0.297. The molecule has 0 aromatic heterocycles. The molecule has 1 aliphatic heterocycles. The molecule has 0 atom stereocenters. The Morgan fingerprint density at radius 2 is 1.75 bits per heavy atom. The summed E-state index contributed by atoms with van der Waals surface area (Å²) in [4.78, 5) is 0. The summed E-state index contributed by atoms with van der Waals surface area (Å²) >= 11 is 0. The van der Waals surface area contributed by atoms with Gasteiger partial charge in [0.15, 0.2) is 11.5 Å². The van der Waals surface area contributed by atoms with Crippen molar-refractivity contribution in [2.75, 3.05) is 58.8 Å². The van der Waals surface area contributed by atoms with Crippen molar-refractivity contribution in [3.63, 3.8) is 0 Å². The quantitative estimate of drug-likeness (QED) is 0.657. The number of rotatable bonds is 10. The van der Waals surface area contributed by atoms with E-state index in [2.05, 4.69) is 5.32 Å². The van der Waals surface area contributed by atoms with Crippen LogP contribution in [0.5, 0.6) is 11.5 Å². The minimum Gasteiger partial charge on any atom is -0.454 e. The van der Waals surface area contributed by atoms with Gasteiger partial charge in [-0.05, 0) is 12.1 Å². The van der Waals surface area contributed by atoms with E-state index in [1.165, 1.54) is 0 Å². The summed E-state index contributed by atoms with van der Waals surface area (Å²) in [6.07, 6.45) is 0. The second kappa shape index (κ2) is 8.63. The first-order chi connectivity index (χ1) is 9.90. The third-order valence-electron chi connectivity index (χ3n) is 2.75. The Hall–Kier alpha value is -1.50. The summed E-state index contributed by atoms with van der Waals surface area (Å²) in [5, 5.41) is 3.26. The summed E-state index contributed by atoms with van der Waals surface area (Å²) < 4.78 is 26.2. The molecule has 1 heterocycles. The predicted octanol–water partition coefficient (Wildman–Crippen LogP) is 1.51. The maximum Gasteiger partial charge on any atom is 0.231 e. The fourth-order valence-corrected chi connectivity index (χ4v) is 1.74. The largest absolute Gasteiger partial charge is 0.454 e. The zero-order valence-corrected chi connectivity index (χ0v) is 11.7. The van der Waals surface area contributed by atoms with Gasteiger partial charge in [0, 0.05) is 25.4 Å². The Morgan fingerprint density at radius 3 is 2.60 bits per heavy atom. The molecule has 112 valence electrons. The first kappa shape index (κ1) is 14.9. The van der Waals surface area contributed by atoms with Gasteiger partial charge < -0.3 is 29.0 Å². The predicted molar refractivity (Wildman–Crippen MR) is 74.6 cm³/mol. The molecule has 6 nitrogen and oxygen atoms in total. The highest BCUT2D eigenvalue weighted by atomic mass is 16.7. The number of methoxy groups -OCH3 is 1. The van der Waals surface area contributed by atoms with E-state index in [1.807, 2.05) is 18.2 Å². The lowest BCUT2D eigenvalue weighted by Gasteiger charge is -2.08. The first-order valence-corrected chi connectivity index (χ1v) is 6.68. The third-order valence-corrected chi connectivity index (χ3v) is 2.75. The van der Waals surface area contributed by atoms with Crippen molar-refractivity contribution in [3.8, 4) is 11.5 Å². The zero-order chi connectivity index (χ0) is 14.0. The Bertz CT molecular complexity index is 399. The highest BCUT2D eigenvalue weighted by Gasteiger charge is 2.12. The normalized spacial score (nSPS) is 12.7. The lowest BCUT2D eigenvalue weighted by Crippen LogP contribution is -2.13. The molecule has 0 amide bonds. The Kier molecular flexibility index (Phi) is 6.43. The van der Waals surface area contributed by atoms with Crippen molar-refractivity contribution in [1.82, 2.24) is 0 Å². The van der Waals surface area contributed by atoms with Crippen molar-refractivity contribution < 1.29 is 23.7 Å². The molecule has 1 aliphatic rings. The van der Waals surface area contributed by atoms with Crippen LogP contribution in [0, 0.1) is 0 Å². The fourth-order valence-electron chi connectivity index (χ4n) is 1.74. The van der Waals surface area contributed by atoms with E-state index < -0.39 is 0 Å². The summed E-state index contributed by atoms with van der Waals surface area (Å²) in [6, 6.07) is 5.78. The maximum absolute atomic E-state index is 5.44. The summed E-state index contributed by atoms with van der Waals surface area (Å²) in [5.74, 6) is 1.57. The highest BCUT2D eigenvalue weighted by molar-refractivity contribution is 5.55. The van der Waals surface area contributed by atoms with E-state index in [-0.39, 0.29) is 0 Å². The number of ether oxygens (including phenoxy) is 5. The van der Waals surface area contributed by atoms with Crippen LogP contribution in [0.1, 0.15) is 0 Å². The molecule has 0 spiro atoms. The molecule has 20 heavy (non-hydrogen) atoms. The van der Waals surface area contributed by atoms with Gasteiger partial charge in [0.2, 0.25) is 6.79 Å². The molecule has 0 aliphatic carbocycles. The Balaban J connectivity index is 1.51. The molecule has 1 N–H and O–H groups in total. The van der Waals surface area contributed by atoms with E-state index in [1.54, 1.807) is 7.11 Å². The van der Waals surface area contributed by atoms with Crippen LogP contribution < -0.4 is 14.8 Å². The number of anilines is 1. The molecular formula is C14H21NO5. The zero-order valence-electron chi connectivity index (χ0n) is 11.7. The van der Waals surface area contributed by atoms with Crippen molar-refractivity contribution in [3.05, 3.63) is 18.2 Å². The van der Waals surface area contributed by atoms with E-state index in [4.69, 9.17) is 23.7 Å². The van der Waals surface area contributed by atoms with Crippen molar-refractivity contribution in [2.45, 2.75) is 0 Å². The van der Waals surface area contributed by atoms with Gasteiger partial charge in [-0.3, -0.25) is 0 Å². The van der Waals surface area contributed by atoms with E-state index in [0.29, 0.717) is 39.8 Å². The summed E-state index contributed by atoms with van der Waals surface area (Å²) in [7, 11) is 1.65. The molecule has 0 bridgehead atoms. The van der Waals surface area contributed by atoms with Crippen LogP contribution in [0.25, 0.3) is 0 Å². The van der Waals surface area contributed by atoms with E-state index in [9.17, 15) is 0 Å². The molecule has 6 heteroatoms. The average molecular weight is 283 g/mol. The third kappa shape index (κ3) is 4.88. The van der Waals surface area contributed by atoms with Crippen molar-refractivity contribution in [2.24, 2.45) is 0 Å². The maximum atomic E-state index is 5.44. The molecular weight excluding hydrogens is 262 g/mol. The lowest BCUT2D eigenvalue weighted by atomic mass is 10.3. The van der Waals surface area contributed by atoms with Crippen LogP contribution in [0.15, 0.2) is 18.2 Å². The highest BCUT2D eigenvalue weighted by Crippen LogP contribution is 2.34. The first-order valence-electron chi connectivity index (χ1n) is 6.68. The molecule has 0 saturated heterocycles. The Morgan fingerprint density at radius 1 is 1.00 bits per heavy atom. The second-order valence-corrected chi connectivity index (χ2v) is 4.21. The van der Waals surface area contributed by atoms with Crippen LogP contribution in [-0.2, 0) is 14.2 Å². The lowest BCUT2D eigenvalue weighted by molar-refractivity contribution is 0.0272. The van der Waals surface area contributed by atoms with Gasteiger partial charge in [0.25, 0.3) is 0 Å². The van der Waals surface area contributed by atoms with Crippen molar-refractivity contribution in [1.29, 1.82) is 0 Å². The van der Waals surface area contributed by atoms with Crippen LogP contribution >= 0.6 is 0 Å². The number of fused-ring (bicyclic) bond motifs is 1. The number of benzene rings is 1. The smallest absolute Gasteiger partial charge is 0.231 e. The Labute approximate surface area is 118 Å². The molecule has 0 radical (unpaired) electrons. The number of hydrogen-bond donors (Lipinski definition) is 1. The summed E-state index contributed by atoms with van der Waals surface area (Å²) in [6.45, 7) is 4.06. The van der Waals surface area contributed by atoms with Gasteiger partial charge >= 0.3 is 0 Å². The van der Waals surface area contributed by atoms with Crippen LogP contribution in [0.2, 0.25) is 0 Å². The monoisotopic (exact) mass is 283 g/mol. The van der Waals surface area contributed by atoms with Gasteiger partial charge in [-0.15, -0.1) is 0 Å². The van der Waals surface area contributed by atoms with Crippen LogP contribution in [0.3, 0.4) is 0 Å².